The van der Waals surface area contributed by atoms with Crippen LogP contribution < -0.4 is 0 Å². The Balaban J connectivity index is 1.65. The fraction of sp³-hybridized carbons (Fsp3) is 0.0571. The normalized spacial score (nSPS) is 16.1. The maximum Gasteiger partial charge on any atom is 0.126 e. The average molecular weight is 458 g/mol. The van der Waals surface area contributed by atoms with Crippen molar-refractivity contribution in [2.45, 2.75) is 10.8 Å². The van der Waals surface area contributed by atoms with Gasteiger partial charge in [0.2, 0.25) is 0 Å². The Hall–Kier alpha value is -4.67. The van der Waals surface area contributed by atoms with E-state index >= 15 is 0 Å². The smallest absolute Gasteiger partial charge is 0.126 e. The first-order chi connectivity index (χ1) is 17.8. The van der Waals surface area contributed by atoms with Crippen LogP contribution in [0.15, 0.2) is 140 Å². The maximum atomic E-state index is 11.4. The van der Waals surface area contributed by atoms with Crippen LogP contribution in [0, 0.1) is 11.3 Å². The average Bonchev–Trinajstić information content (AvgIpc) is 3.59. The van der Waals surface area contributed by atoms with Crippen LogP contribution in [0.3, 0.4) is 0 Å². The van der Waals surface area contributed by atoms with E-state index in [0.29, 0.717) is 0 Å². The minimum Gasteiger partial charge on any atom is -0.197 e. The Morgan fingerprint density at radius 3 is 1.28 bits per heavy atom. The number of hydrogen-bond acceptors (Lipinski definition) is 1. The van der Waals surface area contributed by atoms with Gasteiger partial charge in [0, 0.05) is 0 Å². The largest absolute Gasteiger partial charge is 0.197 e. The number of nitriles is 1. The predicted molar refractivity (Wildman–Crippen MR) is 146 cm³/mol. The van der Waals surface area contributed by atoms with Crippen LogP contribution in [0.2, 0.25) is 0 Å². The van der Waals surface area contributed by atoms with Gasteiger partial charge in [0.25, 0.3) is 0 Å². The van der Waals surface area contributed by atoms with Gasteiger partial charge < -0.3 is 0 Å². The molecule has 5 aromatic carbocycles. The van der Waals surface area contributed by atoms with E-state index < -0.39 is 10.8 Å². The minimum atomic E-state index is -0.905. The molecule has 168 valence electrons. The monoisotopic (exact) mass is 457 g/mol. The molecule has 0 N–H and O–H groups in total. The zero-order valence-electron chi connectivity index (χ0n) is 19.7. The molecule has 0 amide bonds. The molecule has 1 heteroatoms. The van der Waals surface area contributed by atoms with E-state index in [1.807, 2.05) is 0 Å². The van der Waals surface area contributed by atoms with Crippen molar-refractivity contribution >= 4 is 11.1 Å². The number of fused-ring (bicyclic) bond motifs is 3. The SMILES string of the molecule is N#CC1(C2(c3ccccc3)C(c3ccccc3)=C2c2ccccc2)c2ccccc2-c2ccccc21. The fourth-order valence-electron chi connectivity index (χ4n) is 6.62. The molecule has 1 nitrogen and oxygen atoms in total. The molecule has 0 spiro atoms. The van der Waals surface area contributed by atoms with Gasteiger partial charge in [-0.3, -0.25) is 0 Å². The van der Waals surface area contributed by atoms with Crippen LogP contribution >= 0.6 is 0 Å². The van der Waals surface area contributed by atoms with Crippen molar-refractivity contribution in [3.05, 3.63) is 167 Å². The van der Waals surface area contributed by atoms with Gasteiger partial charge in [-0.1, -0.05) is 140 Å². The lowest BCUT2D eigenvalue weighted by Gasteiger charge is -2.38. The third kappa shape index (κ3) is 2.48. The molecule has 2 aliphatic rings. The lowest BCUT2D eigenvalue weighted by Crippen LogP contribution is -2.41. The molecular formula is C35H23N. The summed E-state index contributed by atoms with van der Waals surface area (Å²) in [5.74, 6) is 0. The summed E-state index contributed by atoms with van der Waals surface area (Å²) in [7, 11) is 0. The lowest BCUT2D eigenvalue weighted by molar-refractivity contribution is 0.557. The Morgan fingerprint density at radius 2 is 0.833 bits per heavy atom. The van der Waals surface area contributed by atoms with E-state index in [1.165, 1.54) is 11.1 Å². The number of nitrogens with zero attached hydrogens (tertiary/aromatic N) is 1. The van der Waals surface area contributed by atoms with Crippen molar-refractivity contribution in [3.8, 4) is 17.2 Å². The highest BCUT2D eigenvalue weighted by Crippen LogP contribution is 2.75. The second-order valence-electron chi connectivity index (χ2n) is 9.55. The highest BCUT2D eigenvalue weighted by atomic mass is 14.7. The first kappa shape index (κ1) is 20.7. The number of rotatable bonds is 4. The number of hydrogen-bond donors (Lipinski definition) is 0. The standard InChI is InChI=1S/C35H23N/c36-24-34(30-22-12-10-20-28(30)29-21-11-13-23-31(29)34)35(27-18-8-3-9-19-27)32(25-14-4-1-5-15-25)33(35)26-16-6-2-7-17-26/h1-23H. The van der Waals surface area contributed by atoms with Gasteiger partial charge in [-0.25, -0.2) is 0 Å². The van der Waals surface area contributed by atoms with Crippen LogP contribution in [0.5, 0.6) is 0 Å². The van der Waals surface area contributed by atoms with Crippen LogP contribution in [0.1, 0.15) is 27.8 Å². The Kier molecular flexibility index (Phi) is 4.41. The Labute approximate surface area is 211 Å². The summed E-state index contributed by atoms with van der Waals surface area (Å²) < 4.78 is 0. The lowest BCUT2D eigenvalue weighted by atomic mass is 9.59. The summed E-state index contributed by atoms with van der Waals surface area (Å²) in [4.78, 5) is 0. The van der Waals surface area contributed by atoms with Crippen molar-refractivity contribution in [3.63, 3.8) is 0 Å². The van der Waals surface area contributed by atoms with Crippen molar-refractivity contribution < 1.29 is 0 Å². The molecule has 0 bridgehead atoms. The number of benzene rings is 5. The Bertz CT molecular complexity index is 1580. The molecule has 0 aliphatic heterocycles. The molecule has 0 radical (unpaired) electrons. The minimum absolute atomic E-state index is 0.631. The van der Waals surface area contributed by atoms with Crippen LogP contribution in [-0.2, 0) is 10.8 Å². The molecular weight excluding hydrogens is 434 g/mol. The highest BCUT2D eigenvalue weighted by Gasteiger charge is 2.71. The predicted octanol–water partition coefficient (Wildman–Crippen LogP) is 8.04. The molecule has 0 heterocycles. The molecule has 0 fully saturated rings. The second kappa shape index (κ2) is 7.67. The first-order valence-electron chi connectivity index (χ1n) is 12.4. The molecule has 0 saturated carbocycles. The van der Waals surface area contributed by atoms with Crippen LogP contribution in [0.25, 0.3) is 22.3 Å². The summed E-state index contributed by atoms with van der Waals surface area (Å²) in [5.41, 5.74) is 8.86. The quantitative estimate of drug-likeness (QED) is 0.268. The van der Waals surface area contributed by atoms with Gasteiger partial charge in [0.15, 0.2) is 0 Å². The molecule has 0 saturated heterocycles. The fourth-order valence-corrected chi connectivity index (χ4v) is 6.62. The molecule has 0 atom stereocenters. The van der Waals surface area contributed by atoms with Crippen molar-refractivity contribution in [1.82, 2.24) is 0 Å². The van der Waals surface area contributed by atoms with Gasteiger partial charge >= 0.3 is 0 Å². The zero-order valence-corrected chi connectivity index (χ0v) is 19.7. The van der Waals surface area contributed by atoms with Crippen molar-refractivity contribution in [2.75, 3.05) is 0 Å². The number of allylic oxidation sites excluding steroid dienone is 2. The summed E-state index contributed by atoms with van der Waals surface area (Å²) in [6.07, 6.45) is 0. The molecule has 0 unspecified atom stereocenters. The van der Waals surface area contributed by atoms with Gasteiger partial charge in [-0.2, -0.15) is 5.26 Å². The van der Waals surface area contributed by atoms with E-state index in [4.69, 9.17) is 0 Å². The third-order valence-electron chi connectivity index (χ3n) is 7.95. The Morgan fingerprint density at radius 1 is 0.444 bits per heavy atom. The second-order valence-corrected chi connectivity index (χ2v) is 9.55. The maximum absolute atomic E-state index is 11.4. The van der Waals surface area contributed by atoms with Gasteiger partial charge in [-0.15, -0.1) is 0 Å². The summed E-state index contributed by atoms with van der Waals surface area (Å²) >= 11 is 0. The molecule has 5 aromatic rings. The van der Waals surface area contributed by atoms with E-state index in [1.54, 1.807) is 0 Å². The van der Waals surface area contributed by atoms with E-state index in [9.17, 15) is 5.26 Å². The molecule has 2 aliphatic carbocycles. The van der Waals surface area contributed by atoms with E-state index in [0.717, 1.165) is 38.9 Å². The van der Waals surface area contributed by atoms with Crippen molar-refractivity contribution in [2.24, 2.45) is 0 Å². The summed E-state index contributed by atoms with van der Waals surface area (Å²) in [6, 6.07) is 51.7. The topological polar surface area (TPSA) is 23.8 Å². The van der Waals surface area contributed by atoms with Gasteiger partial charge in [0.1, 0.15) is 5.41 Å². The van der Waals surface area contributed by atoms with E-state index in [2.05, 4.69) is 146 Å². The zero-order chi connectivity index (χ0) is 24.2. The molecule has 36 heavy (non-hydrogen) atoms. The molecule has 0 aromatic heterocycles. The van der Waals surface area contributed by atoms with Gasteiger partial charge in [0.05, 0.1) is 11.5 Å². The summed E-state index contributed by atoms with van der Waals surface area (Å²) in [5, 5.41) is 11.4. The third-order valence-corrected chi connectivity index (χ3v) is 7.95. The van der Waals surface area contributed by atoms with Gasteiger partial charge in [-0.05, 0) is 50.1 Å². The van der Waals surface area contributed by atoms with Crippen molar-refractivity contribution in [1.29, 1.82) is 5.26 Å². The summed E-state index contributed by atoms with van der Waals surface area (Å²) in [6.45, 7) is 0. The first-order valence-corrected chi connectivity index (χ1v) is 12.4. The molecule has 7 rings (SSSR count). The highest BCUT2D eigenvalue weighted by molar-refractivity contribution is 6.22. The van der Waals surface area contributed by atoms with Crippen LogP contribution in [0.4, 0.5) is 0 Å². The van der Waals surface area contributed by atoms with E-state index in [-0.39, 0.29) is 0 Å². The van der Waals surface area contributed by atoms with Crippen LogP contribution in [-0.4, -0.2) is 0 Å².